The lowest BCUT2D eigenvalue weighted by Crippen LogP contribution is -2.03. The Morgan fingerprint density at radius 1 is 1.08 bits per heavy atom. The van der Waals surface area contributed by atoms with E-state index >= 15 is 0 Å². The van der Waals surface area contributed by atoms with E-state index in [0.29, 0.717) is 35.2 Å². The van der Waals surface area contributed by atoms with E-state index in [1.807, 2.05) is 87.6 Å². The molecule has 0 aliphatic heterocycles. The van der Waals surface area contributed by atoms with Crippen LogP contribution in [-0.2, 0) is 11.3 Å². The van der Waals surface area contributed by atoms with Gasteiger partial charge in [0.1, 0.15) is 0 Å². The Bertz CT molecular complexity index is 1330. The minimum Gasteiger partial charge on any atom is -0.494 e. The van der Waals surface area contributed by atoms with Crippen molar-refractivity contribution in [1.82, 2.24) is 10.3 Å². The third-order valence-corrected chi connectivity index (χ3v) is 5.10. The topological polar surface area (TPSA) is 104 Å². The Balaban J connectivity index is 0.000000694. The average molecular weight is 483 g/mol. The number of aromatic amines is 1. The molecule has 0 radical (unpaired) electrons. The van der Waals surface area contributed by atoms with E-state index in [1.54, 1.807) is 6.07 Å². The monoisotopic (exact) mass is 482 g/mol. The summed E-state index contributed by atoms with van der Waals surface area (Å²) in [6.45, 7) is 7.61. The zero-order valence-corrected chi connectivity index (χ0v) is 21.3. The number of aldehydes is 1. The van der Waals surface area contributed by atoms with Gasteiger partial charge >= 0.3 is 0 Å². The molecule has 0 saturated heterocycles. The van der Waals surface area contributed by atoms with E-state index in [0.717, 1.165) is 28.7 Å². The standard InChI is InChI=1S/C25H19N3O2.C3H9N.C2H6/c26-16-18-8-11-20(12-9-18)27-24(19-6-2-1-3-7-19)23-21-13-10-17(5-4-14-29)15-22(21)28-25(23)30;1-3-4-2;1-2/h1-3,6-15,28,30H,16,26H2;4H,3H2,1-2H3;1-2H3. The van der Waals surface area contributed by atoms with E-state index in [4.69, 9.17) is 10.7 Å². The summed E-state index contributed by atoms with van der Waals surface area (Å²) in [7, 11) is 1.93. The molecule has 0 aliphatic carbocycles. The van der Waals surface area contributed by atoms with Gasteiger partial charge in [0.15, 0.2) is 12.2 Å². The van der Waals surface area contributed by atoms with Crippen molar-refractivity contribution in [3.8, 4) is 17.7 Å². The molecule has 0 spiro atoms. The van der Waals surface area contributed by atoms with E-state index in [1.165, 1.54) is 0 Å². The third kappa shape index (κ3) is 7.41. The molecule has 0 unspecified atom stereocenters. The van der Waals surface area contributed by atoms with Crippen molar-refractivity contribution in [1.29, 1.82) is 0 Å². The summed E-state index contributed by atoms with van der Waals surface area (Å²) in [6.07, 6.45) is 0.553. The lowest BCUT2D eigenvalue weighted by atomic mass is 10.00. The van der Waals surface area contributed by atoms with Gasteiger partial charge in [0.05, 0.1) is 22.5 Å². The fourth-order valence-corrected chi connectivity index (χ4v) is 3.31. The van der Waals surface area contributed by atoms with E-state index < -0.39 is 0 Å². The molecule has 0 bridgehead atoms. The smallest absolute Gasteiger partial charge is 0.199 e. The Kier molecular flexibility index (Phi) is 11.7. The number of hydrogen-bond donors (Lipinski definition) is 4. The number of nitrogens with two attached hydrogens (primary N) is 1. The van der Waals surface area contributed by atoms with Gasteiger partial charge in [-0.1, -0.05) is 75.2 Å². The number of hydrogen-bond acceptors (Lipinski definition) is 5. The van der Waals surface area contributed by atoms with Crippen LogP contribution in [0.2, 0.25) is 0 Å². The van der Waals surface area contributed by atoms with Crippen LogP contribution in [0.5, 0.6) is 5.88 Å². The van der Waals surface area contributed by atoms with Gasteiger partial charge in [0.2, 0.25) is 0 Å². The van der Waals surface area contributed by atoms with E-state index in [-0.39, 0.29) is 5.88 Å². The lowest BCUT2D eigenvalue weighted by Gasteiger charge is -2.08. The first-order valence-corrected chi connectivity index (χ1v) is 12.0. The number of benzene rings is 3. The second-order valence-corrected chi connectivity index (χ2v) is 7.40. The molecule has 0 saturated carbocycles. The van der Waals surface area contributed by atoms with E-state index in [2.05, 4.69) is 29.1 Å². The van der Waals surface area contributed by atoms with E-state index in [9.17, 15) is 9.90 Å². The molecule has 36 heavy (non-hydrogen) atoms. The molecular formula is C30H34N4O2. The van der Waals surface area contributed by atoms with Crippen LogP contribution in [0.15, 0.2) is 77.8 Å². The number of rotatable bonds is 5. The maximum atomic E-state index is 10.7. The summed E-state index contributed by atoms with van der Waals surface area (Å²) in [5.74, 6) is 5.19. The third-order valence-electron chi connectivity index (χ3n) is 5.10. The fraction of sp³-hybridized carbons (Fsp3) is 0.200. The fourth-order valence-electron chi connectivity index (χ4n) is 3.31. The van der Waals surface area contributed by atoms with Crippen molar-refractivity contribution >= 4 is 28.6 Å². The van der Waals surface area contributed by atoms with Crippen LogP contribution in [0.1, 0.15) is 43.0 Å². The number of nitrogens with zero attached hydrogens (tertiary/aromatic N) is 1. The molecule has 1 aromatic heterocycles. The summed E-state index contributed by atoms with van der Waals surface area (Å²) in [5, 5.41) is 14.5. The van der Waals surface area contributed by atoms with Crippen LogP contribution in [0.25, 0.3) is 10.9 Å². The first kappa shape index (κ1) is 28.1. The molecule has 5 N–H and O–H groups in total. The van der Waals surface area contributed by atoms with Crippen LogP contribution < -0.4 is 11.1 Å². The van der Waals surface area contributed by atoms with Crippen molar-refractivity contribution in [3.05, 3.63) is 95.1 Å². The molecule has 0 atom stereocenters. The maximum Gasteiger partial charge on any atom is 0.199 e. The normalized spacial score (nSPS) is 10.3. The molecule has 3 aromatic carbocycles. The Labute approximate surface area is 213 Å². The summed E-state index contributed by atoms with van der Waals surface area (Å²) in [5.41, 5.74) is 11.0. The minimum atomic E-state index is 0.0201. The van der Waals surface area contributed by atoms with Crippen molar-refractivity contribution < 1.29 is 9.90 Å². The predicted molar refractivity (Wildman–Crippen MR) is 150 cm³/mol. The second kappa shape index (κ2) is 14.9. The van der Waals surface area contributed by atoms with Crippen LogP contribution >= 0.6 is 0 Å². The first-order valence-electron chi connectivity index (χ1n) is 12.0. The number of aromatic hydroxyl groups is 1. The Morgan fingerprint density at radius 3 is 2.33 bits per heavy atom. The first-order chi connectivity index (χ1) is 17.6. The van der Waals surface area contributed by atoms with Crippen LogP contribution in [-0.4, -0.2) is 35.7 Å². The highest BCUT2D eigenvalue weighted by atomic mass is 16.3. The largest absolute Gasteiger partial charge is 0.494 e. The number of carbonyl (C=O) groups excluding carboxylic acids is 1. The highest BCUT2D eigenvalue weighted by Crippen LogP contribution is 2.32. The van der Waals surface area contributed by atoms with Gasteiger partial charge in [-0.25, -0.2) is 4.99 Å². The van der Waals surface area contributed by atoms with Gasteiger partial charge in [-0.05, 0) is 49.3 Å². The summed E-state index contributed by atoms with van der Waals surface area (Å²) >= 11 is 0. The maximum absolute atomic E-state index is 10.7. The molecule has 6 heteroatoms. The van der Waals surface area contributed by atoms with Crippen LogP contribution in [0.4, 0.5) is 5.69 Å². The Hall–Kier alpha value is -4.18. The van der Waals surface area contributed by atoms with Crippen molar-refractivity contribution in [2.75, 3.05) is 13.6 Å². The number of carbonyl (C=O) groups is 1. The van der Waals surface area contributed by atoms with Gasteiger partial charge in [-0.15, -0.1) is 0 Å². The lowest BCUT2D eigenvalue weighted by molar-refractivity contribution is -0.103. The second-order valence-electron chi connectivity index (χ2n) is 7.40. The van der Waals surface area contributed by atoms with Gasteiger partial charge in [-0.2, -0.15) is 0 Å². The molecule has 4 aromatic rings. The number of aromatic nitrogens is 1. The molecule has 4 rings (SSSR count). The van der Waals surface area contributed by atoms with Gasteiger partial charge in [-0.3, -0.25) is 4.79 Å². The zero-order chi connectivity index (χ0) is 26.3. The Morgan fingerprint density at radius 2 is 1.75 bits per heavy atom. The highest BCUT2D eigenvalue weighted by molar-refractivity contribution is 6.21. The number of H-pyrrole nitrogens is 1. The van der Waals surface area contributed by atoms with Gasteiger partial charge < -0.3 is 21.1 Å². The predicted octanol–water partition coefficient (Wildman–Crippen LogP) is 5.30. The molecule has 1 heterocycles. The van der Waals surface area contributed by atoms with Crippen molar-refractivity contribution in [2.45, 2.75) is 27.3 Å². The van der Waals surface area contributed by atoms with Crippen molar-refractivity contribution in [2.24, 2.45) is 10.7 Å². The van der Waals surface area contributed by atoms with Crippen molar-refractivity contribution in [3.63, 3.8) is 0 Å². The molecule has 0 aliphatic rings. The van der Waals surface area contributed by atoms with Gasteiger partial charge in [0, 0.05) is 23.1 Å². The summed E-state index contributed by atoms with van der Waals surface area (Å²) < 4.78 is 0. The minimum absolute atomic E-state index is 0.0201. The molecule has 0 fully saturated rings. The number of fused-ring (bicyclic) bond motifs is 1. The highest BCUT2D eigenvalue weighted by Gasteiger charge is 2.18. The summed E-state index contributed by atoms with van der Waals surface area (Å²) in [4.78, 5) is 18.4. The quantitative estimate of drug-likeness (QED) is 0.176. The number of aliphatic imine (C=N–C) groups is 1. The molecule has 6 nitrogen and oxygen atoms in total. The SMILES string of the molecule is CC.CCNC.NCc1ccc(N=C(c2ccccc2)c2c(O)[nH]c3cc(C#CC=O)ccc23)cc1. The number of nitrogens with one attached hydrogen (secondary N) is 2. The molecule has 0 amide bonds. The molecule has 186 valence electrons. The molecular weight excluding hydrogens is 448 g/mol. The average Bonchev–Trinajstić information content (AvgIpc) is 3.27. The zero-order valence-electron chi connectivity index (χ0n) is 21.3. The van der Waals surface area contributed by atoms with Crippen LogP contribution in [0.3, 0.4) is 0 Å². The van der Waals surface area contributed by atoms with Crippen LogP contribution in [0, 0.1) is 11.8 Å². The summed E-state index contributed by atoms with van der Waals surface area (Å²) in [6, 6.07) is 22.9. The van der Waals surface area contributed by atoms with Gasteiger partial charge in [0.25, 0.3) is 0 Å².